The number of fused-ring (bicyclic) bond motifs is 1. The van der Waals surface area contributed by atoms with E-state index in [1.54, 1.807) is 17.7 Å². The molecule has 1 amide bonds. The molecule has 1 aromatic carbocycles. The number of carbonyl (C=O) groups excluding carboxylic acids is 1. The van der Waals surface area contributed by atoms with E-state index in [1.807, 2.05) is 49.1 Å². The number of carbonyl (C=O) groups is 1. The number of piperazine rings is 1. The van der Waals surface area contributed by atoms with Gasteiger partial charge in [-0.15, -0.1) is 0 Å². The van der Waals surface area contributed by atoms with Crippen LogP contribution in [0.1, 0.15) is 16.8 Å². The fourth-order valence-corrected chi connectivity index (χ4v) is 3.74. The molecular weight excluding hydrogens is 366 g/mol. The molecule has 0 saturated carbocycles. The van der Waals surface area contributed by atoms with Crippen LogP contribution in [0, 0.1) is 20.8 Å². The van der Waals surface area contributed by atoms with Gasteiger partial charge in [0.15, 0.2) is 0 Å². The molecule has 0 spiro atoms. The Labute approximate surface area is 169 Å². The van der Waals surface area contributed by atoms with Gasteiger partial charge < -0.3 is 9.80 Å². The summed E-state index contributed by atoms with van der Waals surface area (Å²) in [5.74, 6) is 0.885. The fraction of sp³-hybridized carbons (Fsp3) is 0.364. The maximum absolute atomic E-state index is 13.0. The van der Waals surface area contributed by atoms with Crippen LogP contribution in [0.5, 0.6) is 0 Å². The highest BCUT2D eigenvalue weighted by molar-refractivity contribution is 5.81. The minimum atomic E-state index is -0.207. The summed E-state index contributed by atoms with van der Waals surface area (Å²) in [6.07, 6.45) is 1.78. The van der Waals surface area contributed by atoms with Crippen molar-refractivity contribution in [3.8, 4) is 0 Å². The van der Waals surface area contributed by atoms with Crippen molar-refractivity contribution in [3.63, 3.8) is 0 Å². The number of benzene rings is 1. The van der Waals surface area contributed by atoms with Crippen LogP contribution in [0.4, 0.5) is 5.82 Å². The van der Waals surface area contributed by atoms with Crippen LogP contribution in [0.25, 0.3) is 11.0 Å². The van der Waals surface area contributed by atoms with Gasteiger partial charge in [-0.2, -0.15) is 0 Å². The summed E-state index contributed by atoms with van der Waals surface area (Å²) in [6, 6.07) is 9.76. The highest BCUT2D eigenvalue weighted by Crippen LogP contribution is 2.18. The summed E-state index contributed by atoms with van der Waals surface area (Å²) in [5.41, 5.74) is 3.86. The van der Waals surface area contributed by atoms with Crippen LogP contribution >= 0.6 is 0 Å². The van der Waals surface area contributed by atoms with E-state index in [0.717, 1.165) is 35.6 Å². The molecule has 0 atom stereocenters. The van der Waals surface area contributed by atoms with Gasteiger partial charge in [0.05, 0.1) is 11.0 Å². The molecule has 4 rings (SSSR count). The van der Waals surface area contributed by atoms with Gasteiger partial charge in [0, 0.05) is 32.4 Å². The molecule has 7 nitrogen and oxygen atoms in total. The van der Waals surface area contributed by atoms with E-state index >= 15 is 0 Å². The molecule has 1 aliphatic rings. The second-order valence-corrected chi connectivity index (χ2v) is 7.57. The van der Waals surface area contributed by atoms with Gasteiger partial charge in [-0.05, 0) is 56.2 Å². The summed E-state index contributed by atoms with van der Waals surface area (Å²) in [6.45, 7) is 8.44. The molecule has 0 N–H and O–H groups in total. The van der Waals surface area contributed by atoms with Gasteiger partial charge in [0.2, 0.25) is 5.91 Å². The first kappa shape index (κ1) is 19.1. The lowest BCUT2D eigenvalue weighted by molar-refractivity contribution is -0.132. The molecule has 0 radical (unpaired) electrons. The maximum Gasteiger partial charge on any atom is 0.272 e. The predicted molar refractivity (Wildman–Crippen MR) is 113 cm³/mol. The first-order valence-electron chi connectivity index (χ1n) is 9.86. The topological polar surface area (TPSA) is 71.3 Å². The van der Waals surface area contributed by atoms with Crippen LogP contribution in [0.15, 0.2) is 41.3 Å². The third kappa shape index (κ3) is 3.72. The molecule has 1 aliphatic heterocycles. The third-order valence-electron chi connectivity index (χ3n) is 5.62. The van der Waals surface area contributed by atoms with E-state index in [9.17, 15) is 9.59 Å². The monoisotopic (exact) mass is 391 g/mol. The second-order valence-electron chi connectivity index (χ2n) is 7.57. The van der Waals surface area contributed by atoms with E-state index < -0.39 is 0 Å². The van der Waals surface area contributed by atoms with Crippen molar-refractivity contribution in [2.45, 2.75) is 27.3 Å². The van der Waals surface area contributed by atoms with Crippen LogP contribution < -0.4 is 10.5 Å². The van der Waals surface area contributed by atoms with Crippen LogP contribution in [0.2, 0.25) is 0 Å². The van der Waals surface area contributed by atoms with Gasteiger partial charge in [0.1, 0.15) is 18.1 Å². The van der Waals surface area contributed by atoms with Gasteiger partial charge in [-0.3, -0.25) is 14.2 Å². The number of anilines is 1. The quantitative estimate of drug-likeness (QED) is 0.684. The molecule has 150 valence electrons. The Morgan fingerprint density at radius 2 is 1.76 bits per heavy atom. The molecule has 0 unspecified atom stereocenters. The molecule has 29 heavy (non-hydrogen) atoms. The highest BCUT2D eigenvalue weighted by atomic mass is 16.2. The number of rotatable bonds is 3. The van der Waals surface area contributed by atoms with E-state index in [-0.39, 0.29) is 18.0 Å². The number of aromatic nitrogens is 3. The second kappa shape index (κ2) is 7.66. The molecule has 1 fully saturated rings. The standard InChI is InChI=1S/C22H25N5O2/c1-15-12-18-19(13-16(15)2)27(22(29)17(3)24-18)14-21(28)26-10-8-25(9-11-26)20-6-4-5-7-23-20/h4-7,12-13H,8-11,14H2,1-3H3. The van der Waals surface area contributed by atoms with Crippen molar-refractivity contribution >= 4 is 22.8 Å². The van der Waals surface area contributed by atoms with Crippen LogP contribution in [0.3, 0.4) is 0 Å². The van der Waals surface area contributed by atoms with Crippen molar-refractivity contribution in [1.29, 1.82) is 0 Å². The largest absolute Gasteiger partial charge is 0.353 e. The average Bonchev–Trinajstić information content (AvgIpc) is 2.74. The van der Waals surface area contributed by atoms with E-state index in [0.29, 0.717) is 24.3 Å². The Morgan fingerprint density at radius 3 is 2.45 bits per heavy atom. The molecule has 7 heteroatoms. The number of amides is 1. The van der Waals surface area contributed by atoms with E-state index in [2.05, 4.69) is 14.9 Å². The van der Waals surface area contributed by atoms with Crippen LogP contribution in [-0.4, -0.2) is 51.5 Å². The lowest BCUT2D eigenvalue weighted by atomic mass is 10.1. The molecule has 0 bridgehead atoms. The van der Waals surface area contributed by atoms with Gasteiger partial charge >= 0.3 is 0 Å². The molecular formula is C22H25N5O2. The Balaban J connectivity index is 1.55. The average molecular weight is 391 g/mol. The molecule has 1 saturated heterocycles. The van der Waals surface area contributed by atoms with Crippen molar-refractivity contribution in [2.75, 3.05) is 31.1 Å². The fourth-order valence-electron chi connectivity index (χ4n) is 3.74. The van der Waals surface area contributed by atoms with Gasteiger partial charge in [-0.1, -0.05) is 6.07 Å². The molecule has 3 heterocycles. The Morgan fingerprint density at radius 1 is 1.03 bits per heavy atom. The minimum Gasteiger partial charge on any atom is -0.353 e. The van der Waals surface area contributed by atoms with E-state index in [4.69, 9.17) is 0 Å². The lowest BCUT2D eigenvalue weighted by Gasteiger charge is -2.35. The maximum atomic E-state index is 13.0. The normalized spacial score (nSPS) is 14.4. The zero-order valence-electron chi connectivity index (χ0n) is 17.1. The Hall–Kier alpha value is -3.22. The SMILES string of the molecule is Cc1cc2nc(C)c(=O)n(CC(=O)N3CCN(c4ccccn4)CC3)c2cc1C. The molecule has 0 aliphatic carbocycles. The number of hydrogen-bond donors (Lipinski definition) is 0. The first-order valence-corrected chi connectivity index (χ1v) is 9.86. The summed E-state index contributed by atoms with van der Waals surface area (Å²) in [7, 11) is 0. The van der Waals surface area contributed by atoms with Gasteiger partial charge in [0.25, 0.3) is 5.56 Å². The summed E-state index contributed by atoms with van der Waals surface area (Å²) >= 11 is 0. The number of hydrogen-bond acceptors (Lipinski definition) is 5. The number of aryl methyl sites for hydroxylation is 3. The van der Waals surface area contributed by atoms with Crippen molar-refractivity contribution in [2.24, 2.45) is 0 Å². The zero-order chi connectivity index (χ0) is 20.5. The zero-order valence-corrected chi connectivity index (χ0v) is 17.1. The van der Waals surface area contributed by atoms with Gasteiger partial charge in [-0.25, -0.2) is 9.97 Å². The number of nitrogens with zero attached hydrogens (tertiary/aromatic N) is 5. The van der Waals surface area contributed by atoms with Crippen LogP contribution in [-0.2, 0) is 11.3 Å². The summed E-state index contributed by atoms with van der Waals surface area (Å²) in [4.78, 5) is 38.5. The molecule has 3 aromatic rings. The van der Waals surface area contributed by atoms with Crippen molar-refractivity contribution < 1.29 is 4.79 Å². The van der Waals surface area contributed by atoms with E-state index in [1.165, 1.54) is 0 Å². The summed E-state index contributed by atoms with van der Waals surface area (Å²) in [5, 5.41) is 0. The highest BCUT2D eigenvalue weighted by Gasteiger charge is 2.23. The van der Waals surface area contributed by atoms with Crippen molar-refractivity contribution in [1.82, 2.24) is 19.4 Å². The Bertz CT molecular complexity index is 1120. The number of pyridine rings is 1. The minimum absolute atomic E-state index is 0.0325. The lowest BCUT2D eigenvalue weighted by Crippen LogP contribution is -2.50. The molecule has 2 aromatic heterocycles. The Kier molecular flexibility index (Phi) is 5.05. The third-order valence-corrected chi connectivity index (χ3v) is 5.62. The van der Waals surface area contributed by atoms with Crippen molar-refractivity contribution in [3.05, 3.63) is 63.7 Å². The summed E-state index contributed by atoms with van der Waals surface area (Å²) < 4.78 is 1.57. The first-order chi connectivity index (χ1) is 13.9. The smallest absolute Gasteiger partial charge is 0.272 e. The predicted octanol–water partition coefficient (Wildman–Crippen LogP) is 2.07.